The van der Waals surface area contributed by atoms with Gasteiger partial charge in [-0.1, -0.05) is 66.7 Å². The van der Waals surface area contributed by atoms with Crippen molar-refractivity contribution in [3.63, 3.8) is 0 Å². The number of hydrogen-bond donors (Lipinski definition) is 2. The molecule has 3 N–H and O–H groups in total. The maximum atomic E-state index is 6.11. The van der Waals surface area contributed by atoms with Gasteiger partial charge in [0, 0.05) is 18.6 Å². The number of nitrogens with one attached hydrogen (secondary N) is 1. The Hall–Kier alpha value is -2.62. The van der Waals surface area contributed by atoms with Gasteiger partial charge in [-0.15, -0.1) is 0 Å². The predicted octanol–water partition coefficient (Wildman–Crippen LogP) is 5.14. The van der Waals surface area contributed by atoms with Crippen molar-refractivity contribution in [1.82, 2.24) is 5.32 Å². The van der Waals surface area contributed by atoms with Gasteiger partial charge in [0.05, 0.1) is 0 Å². The van der Waals surface area contributed by atoms with Gasteiger partial charge in [-0.2, -0.15) is 0 Å². The zero-order valence-corrected chi connectivity index (χ0v) is 16.1. The molecule has 0 fully saturated rings. The Morgan fingerprint density at radius 2 is 1.41 bits per heavy atom. The van der Waals surface area contributed by atoms with Crippen LogP contribution >= 0.6 is 0 Å². The SMILES string of the molecule is CC(N)c1ccccc1C(C)NCc1ccc(OCc2ccccc2)cc1. The Labute approximate surface area is 162 Å². The van der Waals surface area contributed by atoms with Gasteiger partial charge >= 0.3 is 0 Å². The minimum absolute atomic E-state index is 0.0338. The maximum absolute atomic E-state index is 6.11. The summed E-state index contributed by atoms with van der Waals surface area (Å²) in [6.45, 7) is 5.59. The third-order valence-corrected chi connectivity index (χ3v) is 4.74. The van der Waals surface area contributed by atoms with E-state index < -0.39 is 0 Å². The second-order valence-electron chi connectivity index (χ2n) is 6.94. The van der Waals surface area contributed by atoms with Crippen molar-refractivity contribution in [1.29, 1.82) is 0 Å². The van der Waals surface area contributed by atoms with Crippen LogP contribution in [0.4, 0.5) is 0 Å². The first kappa shape index (κ1) is 19.2. The van der Waals surface area contributed by atoms with Crippen LogP contribution in [0.1, 0.15) is 48.2 Å². The van der Waals surface area contributed by atoms with E-state index in [-0.39, 0.29) is 12.1 Å². The average Bonchev–Trinajstić information content (AvgIpc) is 2.72. The summed E-state index contributed by atoms with van der Waals surface area (Å²) in [6, 6.07) is 27.1. The summed E-state index contributed by atoms with van der Waals surface area (Å²) < 4.78 is 5.85. The molecule has 3 aromatic rings. The molecule has 0 aliphatic heterocycles. The molecule has 27 heavy (non-hydrogen) atoms. The first-order chi connectivity index (χ1) is 13.1. The highest BCUT2D eigenvalue weighted by Gasteiger charge is 2.12. The van der Waals surface area contributed by atoms with E-state index in [9.17, 15) is 0 Å². The molecule has 0 aliphatic rings. The van der Waals surface area contributed by atoms with E-state index >= 15 is 0 Å². The van der Waals surface area contributed by atoms with Gasteiger partial charge in [0.1, 0.15) is 12.4 Å². The van der Waals surface area contributed by atoms with Crippen LogP contribution in [0.2, 0.25) is 0 Å². The van der Waals surface area contributed by atoms with Crippen molar-refractivity contribution in [2.45, 2.75) is 39.1 Å². The van der Waals surface area contributed by atoms with E-state index in [2.05, 4.69) is 54.7 Å². The summed E-state index contributed by atoms with van der Waals surface area (Å²) in [7, 11) is 0. The predicted molar refractivity (Wildman–Crippen MR) is 112 cm³/mol. The highest BCUT2D eigenvalue weighted by Crippen LogP contribution is 2.23. The number of nitrogens with two attached hydrogens (primary N) is 1. The number of benzene rings is 3. The zero-order valence-electron chi connectivity index (χ0n) is 16.1. The lowest BCUT2D eigenvalue weighted by atomic mass is 9.97. The smallest absolute Gasteiger partial charge is 0.119 e. The number of rotatable bonds is 8. The van der Waals surface area contributed by atoms with Crippen LogP contribution in [0, 0.1) is 0 Å². The Balaban J connectivity index is 1.54. The van der Waals surface area contributed by atoms with Gasteiger partial charge in [-0.3, -0.25) is 0 Å². The molecule has 2 unspecified atom stereocenters. The third kappa shape index (κ3) is 5.43. The standard InChI is InChI=1S/C24H28N2O/c1-18(25)23-10-6-7-11-24(23)19(2)26-16-20-12-14-22(15-13-20)27-17-21-8-4-3-5-9-21/h3-15,18-19,26H,16-17,25H2,1-2H3. The molecule has 0 aromatic heterocycles. The van der Waals surface area contributed by atoms with E-state index in [1.54, 1.807) is 0 Å². The van der Waals surface area contributed by atoms with E-state index in [1.807, 2.05) is 43.3 Å². The van der Waals surface area contributed by atoms with Crippen LogP contribution < -0.4 is 15.8 Å². The third-order valence-electron chi connectivity index (χ3n) is 4.74. The molecule has 0 bridgehead atoms. The Morgan fingerprint density at radius 1 is 0.778 bits per heavy atom. The quantitative estimate of drug-likeness (QED) is 0.585. The van der Waals surface area contributed by atoms with E-state index in [1.165, 1.54) is 22.3 Å². The normalized spacial score (nSPS) is 13.1. The van der Waals surface area contributed by atoms with Gasteiger partial charge in [-0.25, -0.2) is 0 Å². The Morgan fingerprint density at radius 3 is 2.07 bits per heavy atom. The molecule has 3 rings (SSSR count). The van der Waals surface area contributed by atoms with Crippen LogP contribution in [-0.4, -0.2) is 0 Å². The lowest BCUT2D eigenvalue weighted by molar-refractivity contribution is 0.306. The molecule has 0 heterocycles. The molecule has 0 radical (unpaired) electrons. The van der Waals surface area contributed by atoms with Crippen molar-refractivity contribution < 1.29 is 4.74 Å². The molecule has 0 aliphatic carbocycles. The monoisotopic (exact) mass is 360 g/mol. The van der Waals surface area contributed by atoms with Crippen molar-refractivity contribution in [2.24, 2.45) is 5.73 Å². The molecule has 3 aromatic carbocycles. The minimum atomic E-state index is 0.0338. The van der Waals surface area contributed by atoms with Crippen molar-refractivity contribution in [3.05, 3.63) is 101 Å². The van der Waals surface area contributed by atoms with E-state index in [4.69, 9.17) is 10.5 Å². The van der Waals surface area contributed by atoms with Crippen molar-refractivity contribution in [2.75, 3.05) is 0 Å². The summed E-state index contributed by atoms with van der Waals surface area (Å²) in [5.41, 5.74) is 11.0. The molecule has 0 saturated carbocycles. The topological polar surface area (TPSA) is 47.3 Å². The van der Waals surface area contributed by atoms with E-state index in [0.717, 1.165) is 12.3 Å². The van der Waals surface area contributed by atoms with Gasteiger partial charge < -0.3 is 15.8 Å². The fourth-order valence-electron chi connectivity index (χ4n) is 3.15. The molecule has 0 amide bonds. The zero-order chi connectivity index (χ0) is 19.1. The molecule has 3 heteroatoms. The summed E-state index contributed by atoms with van der Waals surface area (Å²) in [6.07, 6.45) is 0. The largest absolute Gasteiger partial charge is 0.489 e. The molecular weight excluding hydrogens is 332 g/mol. The molecule has 2 atom stereocenters. The lowest BCUT2D eigenvalue weighted by Gasteiger charge is -2.20. The molecule has 140 valence electrons. The van der Waals surface area contributed by atoms with Crippen LogP contribution in [0.5, 0.6) is 5.75 Å². The molecule has 0 saturated heterocycles. The van der Waals surface area contributed by atoms with Gasteiger partial charge in [0.15, 0.2) is 0 Å². The number of ether oxygens (including phenoxy) is 1. The van der Waals surface area contributed by atoms with Crippen molar-refractivity contribution >= 4 is 0 Å². The highest BCUT2D eigenvalue weighted by atomic mass is 16.5. The average molecular weight is 361 g/mol. The lowest BCUT2D eigenvalue weighted by Crippen LogP contribution is -2.21. The first-order valence-corrected chi connectivity index (χ1v) is 9.47. The first-order valence-electron chi connectivity index (χ1n) is 9.47. The second-order valence-corrected chi connectivity index (χ2v) is 6.94. The van der Waals surface area contributed by atoms with Crippen molar-refractivity contribution in [3.8, 4) is 5.75 Å². The van der Waals surface area contributed by atoms with Crippen LogP contribution in [0.25, 0.3) is 0 Å². The van der Waals surface area contributed by atoms with Crippen LogP contribution in [-0.2, 0) is 13.2 Å². The Kier molecular flexibility index (Phi) is 6.64. The molecule has 0 spiro atoms. The fourth-order valence-corrected chi connectivity index (χ4v) is 3.15. The minimum Gasteiger partial charge on any atom is -0.489 e. The summed E-state index contributed by atoms with van der Waals surface area (Å²) in [4.78, 5) is 0. The second kappa shape index (κ2) is 9.36. The summed E-state index contributed by atoms with van der Waals surface area (Å²) >= 11 is 0. The van der Waals surface area contributed by atoms with E-state index in [0.29, 0.717) is 6.61 Å². The molecule has 3 nitrogen and oxygen atoms in total. The maximum Gasteiger partial charge on any atom is 0.119 e. The van der Waals surface area contributed by atoms with Gasteiger partial charge in [-0.05, 0) is 48.2 Å². The summed E-state index contributed by atoms with van der Waals surface area (Å²) in [5.74, 6) is 0.887. The molecular formula is C24H28N2O. The van der Waals surface area contributed by atoms with Gasteiger partial charge in [0.25, 0.3) is 0 Å². The number of hydrogen-bond acceptors (Lipinski definition) is 3. The Bertz CT molecular complexity index is 829. The van der Waals surface area contributed by atoms with Gasteiger partial charge in [0.2, 0.25) is 0 Å². The highest BCUT2D eigenvalue weighted by molar-refractivity contribution is 5.32. The van der Waals surface area contributed by atoms with Crippen LogP contribution in [0.15, 0.2) is 78.9 Å². The van der Waals surface area contributed by atoms with Crippen LogP contribution in [0.3, 0.4) is 0 Å². The summed E-state index contributed by atoms with van der Waals surface area (Å²) in [5, 5.41) is 3.59. The fraction of sp³-hybridized carbons (Fsp3) is 0.250.